The van der Waals surface area contributed by atoms with E-state index >= 15 is 0 Å². The first-order chi connectivity index (χ1) is 18.1. The van der Waals surface area contributed by atoms with Crippen molar-refractivity contribution in [2.75, 3.05) is 14.2 Å². The fourth-order valence-corrected chi connectivity index (χ4v) is 3.99. The highest BCUT2D eigenvalue weighted by atomic mass is 16.5. The van der Waals surface area contributed by atoms with Gasteiger partial charge in [-0.25, -0.2) is 0 Å². The average Bonchev–Trinajstić information content (AvgIpc) is 2.96. The Morgan fingerprint density at radius 1 is 0.730 bits per heavy atom. The second-order valence-electron chi connectivity index (χ2n) is 8.50. The van der Waals surface area contributed by atoms with E-state index in [0.29, 0.717) is 29.2 Å². The number of hydrogen-bond donors (Lipinski definition) is 1. The maximum absolute atomic E-state index is 13.2. The normalized spacial score (nSPS) is 11.0. The van der Waals surface area contributed by atoms with E-state index in [9.17, 15) is 9.59 Å². The van der Waals surface area contributed by atoms with E-state index < -0.39 is 0 Å². The smallest absolute Gasteiger partial charge is 0.247 e. The Balaban J connectivity index is 1.57. The summed E-state index contributed by atoms with van der Waals surface area (Å²) in [5.41, 5.74) is 4.72. The van der Waals surface area contributed by atoms with Gasteiger partial charge in [0.15, 0.2) is 17.3 Å². The summed E-state index contributed by atoms with van der Waals surface area (Å²) in [5.74, 6) is 0.696. The Morgan fingerprint density at radius 2 is 1.35 bits per heavy atom. The summed E-state index contributed by atoms with van der Waals surface area (Å²) >= 11 is 0. The molecule has 0 radical (unpaired) electrons. The second-order valence-corrected chi connectivity index (χ2v) is 8.50. The third-order valence-corrected chi connectivity index (χ3v) is 6.00. The molecule has 0 atom stereocenters. The largest absolute Gasteiger partial charge is 0.493 e. The molecule has 0 aliphatic carbocycles. The van der Waals surface area contributed by atoms with Crippen LogP contribution in [0.4, 0.5) is 0 Å². The minimum Gasteiger partial charge on any atom is -0.493 e. The lowest BCUT2D eigenvalue weighted by Crippen LogP contribution is -2.25. The van der Waals surface area contributed by atoms with E-state index in [-0.39, 0.29) is 18.1 Å². The van der Waals surface area contributed by atoms with E-state index in [4.69, 9.17) is 9.47 Å². The lowest BCUT2D eigenvalue weighted by atomic mass is 9.98. The zero-order valence-electron chi connectivity index (χ0n) is 20.9. The number of ketones is 1. The number of rotatable bonds is 10. The van der Waals surface area contributed by atoms with Crippen molar-refractivity contribution < 1.29 is 19.1 Å². The van der Waals surface area contributed by atoms with Crippen molar-refractivity contribution in [1.29, 1.82) is 0 Å². The molecule has 0 spiro atoms. The average molecular weight is 492 g/mol. The molecule has 0 bridgehead atoms. The SMILES string of the molecule is COc1ccc(/C=C(\CC(=O)c2ccc(-c3ccccc3)cc2)C(=O)NCc2ccccc2)cc1OC. The number of hydrogen-bond acceptors (Lipinski definition) is 4. The number of benzene rings is 4. The maximum atomic E-state index is 13.2. The van der Waals surface area contributed by atoms with Crippen molar-refractivity contribution in [2.24, 2.45) is 0 Å². The number of carbonyl (C=O) groups excluding carboxylic acids is 2. The van der Waals surface area contributed by atoms with Crippen LogP contribution in [0.5, 0.6) is 11.5 Å². The molecule has 0 heterocycles. The third-order valence-electron chi connectivity index (χ3n) is 6.00. The van der Waals surface area contributed by atoms with E-state index in [0.717, 1.165) is 22.3 Å². The summed E-state index contributed by atoms with van der Waals surface area (Å²) in [6.45, 7) is 0.364. The van der Waals surface area contributed by atoms with Crippen LogP contribution in [0.15, 0.2) is 109 Å². The van der Waals surface area contributed by atoms with Gasteiger partial charge < -0.3 is 14.8 Å². The molecule has 0 fully saturated rings. The van der Waals surface area contributed by atoms with Crippen LogP contribution in [0.25, 0.3) is 17.2 Å². The molecular formula is C32H29NO4. The summed E-state index contributed by atoms with van der Waals surface area (Å²) < 4.78 is 10.7. The molecule has 4 aromatic carbocycles. The first-order valence-electron chi connectivity index (χ1n) is 12.0. The molecule has 0 unspecified atom stereocenters. The molecular weight excluding hydrogens is 462 g/mol. The third kappa shape index (κ3) is 6.73. The van der Waals surface area contributed by atoms with Gasteiger partial charge in [0, 0.05) is 24.1 Å². The van der Waals surface area contributed by atoms with Crippen LogP contribution < -0.4 is 14.8 Å². The molecule has 1 N–H and O–H groups in total. The van der Waals surface area contributed by atoms with Crippen LogP contribution in [0.2, 0.25) is 0 Å². The minimum absolute atomic E-state index is 0.0420. The van der Waals surface area contributed by atoms with E-state index in [1.54, 1.807) is 44.6 Å². The Kier molecular flexibility index (Phi) is 8.50. The van der Waals surface area contributed by atoms with Gasteiger partial charge in [-0.05, 0) is 40.5 Å². The fraction of sp³-hybridized carbons (Fsp3) is 0.125. The molecule has 5 nitrogen and oxygen atoms in total. The molecule has 4 aromatic rings. The van der Waals surface area contributed by atoms with Crippen LogP contribution in [-0.4, -0.2) is 25.9 Å². The van der Waals surface area contributed by atoms with E-state index in [1.807, 2.05) is 78.9 Å². The highest BCUT2D eigenvalue weighted by Crippen LogP contribution is 2.29. The zero-order valence-corrected chi connectivity index (χ0v) is 20.9. The summed E-state index contributed by atoms with van der Waals surface area (Å²) in [6, 6.07) is 32.5. The number of ether oxygens (including phenoxy) is 2. The van der Waals surface area contributed by atoms with Gasteiger partial charge in [0.05, 0.1) is 14.2 Å². The van der Waals surface area contributed by atoms with Crippen LogP contribution in [0.3, 0.4) is 0 Å². The van der Waals surface area contributed by atoms with Gasteiger partial charge in [-0.15, -0.1) is 0 Å². The van der Waals surface area contributed by atoms with Crippen molar-refractivity contribution in [3.8, 4) is 22.6 Å². The molecule has 0 saturated heterocycles. The highest BCUT2D eigenvalue weighted by Gasteiger charge is 2.17. The highest BCUT2D eigenvalue weighted by molar-refractivity contribution is 6.07. The maximum Gasteiger partial charge on any atom is 0.247 e. The fourth-order valence-electron chi connectivity index (χ4n) is 3.99. The summed E-state index contributed by atoms with van der Waals surface area (Å²) in [7, 11) is 3.12. The molecule has 0 aliphatic heterocycles. The van der Waals surface area contributed by atoms with E-state index in [1.165, 1.54) is 0 Å². The first kappa shape index (κ1) is 25.5. The molecule has 0 aromatic heterocycles. The van der Waals surface area contributed by atoms with Crippen molar-refractivity contribution in [3.63, 3.8) is 0 Å². The number of Topliss-reactive ketones (excluding diaryl/α,β-unsaturated/α-hetero) is 1. The standard InChI is InChI=1S/C32H29NO4/c1-36-30-18-13-24(20-31(30)37-2)19-28(32(35)33-22-23-9-5-3-6-10-23)21-29(34)27-16-14-26(15-17-27)25-11-7-4-8-12-25/h3-20H,21-22H2,1-2H3,(H,33,35)/b28-19+. The van der Waals surface area contributed by atoms with Crippen molar-refractivity contribution in [2.45, 2.75) is 13.0 Å². The number of carbonyl (C=O) groups is 2. The number of nitrogens with one attached hydrogen (secondary N) is 1. The number of amides is 1. The van der Waals surface area contributed by atoms with E-state index in [2.05, 4.69) is 5.32 Å². The Morgan fingerprint density at radius 3 is 2.00 bits per heavy atom. The summed E-state index contributed by atoms with van der Waals surface area (Å²) in [4.78, 5) is 26.4. The van der Waals surface area contributed by atoms with Crippen LogP contribution in [0, 0.1) is 0 Å². The lowest BCUT2D eigenvalue weighted by molar-refractivity contribution is -0.117. The molecule has 186 valence electrons. The van der Waals surface area contributed by atoms with Gasteiger partial charge in [-0.3, -0.25) is 9.59 Å². The van der Waals surface area contributed by atoms with Gasteiger partial charge >= 0.3 is 0 Å². The van der Waals surface area contributed by atoms with Crippen molar-refractivity contribution in [1.82, 2.24) is 5.32 Å². The quantitative estimate of drug-likeness (QED) is 0.208. The Hall–Kier alpha value is -4.64. The van der Waals surface area contributed by atoms with Gasteiger partial charge in [-0.2, -0.15) is 0 Å². The van der Waals surface area contributed by atoms with Gasteiger partial charge in [0.1, 0.15) is 0 Å². The molecule has 4 rings (SSSR count). The van der Waals surface area contributed by atoms with Gasteiger partial charge in [0.2, 0.25) is 5.91 Å². The van der Waals surface area contributed by atoms with Crippen molar-refractivity contribution in [3.05, 3.63) is 125 Å². The monoisotopic (exact) mass is 491 g/mol. The Bertz CT molecular complexity index is 1380. The minimum atomic E-state index is -0.298. The summed E-state index contributed by atoms with van der Waals surface area (Å²) in [6.07, 6.45) is 1.68. The van der Waals surface area contributed by atoms with Crippen molar-refractivity contribution >= 4 is 17.8 Å². The molecule has 0 saturated carbocycles. The molecule has 5 heteroatoms. The second kappa shape index (κ2) is 12.4. The zero-order chi connectivity index (χ0) is 26.0. The van der Waals surface area contributed by atoms with Gasteiger partial charge in [-0.1, -0.05) is 91.0 Å². The van der Waals surface area contributed by atoms with Gasteiger partial charge in [0.25, 0.3) is 0 Å². The predicted octanol–water partition coefficient (Wildman–Crippen LogP) is 6.34. The lowest BCUT2D eigenvalue weighted by Gasteiger charge is -2.11. The van der Waals surface area contributed by atoms with Crippen LogP contribution in [0.1, 0.15) is 27.9 Å². The molecule has 1 amide bonds. The Labute approximate surface area is 217 Å². The molecule has 0 aliphatic rings. The predicted molar refractivity (Wildman–Crippen MR) is 147 cm³/mol. The van der Waals surface area contributed by atoms with Crippen LogP contribution in [-0.2, 0) is 11.3 Å². The summed E-state index contributed by atoms with van der Waals surface area (Å²) in [5, 5.41) is 2.94. The molecule has 37 heavy (non-hydrogen) atoms. The topological polar surface area (TPSA) is 64.6 Å². The van der Waals surface area contributed by atoms with Crippen LogP contribution >= 0.6 is 0 Å². The number of methoxy groups -OCH3 is 2. The first-order valence-corrected chi connectivity index (χ1v) is 12.0.